The number of nitrogens with zero attached hydrogens (tertiary/aromatic N) is 2. The van der Waals surface area contributed by atoms with E-state index < -0.39 is 0 Å². The molecule has 0 aliphatic heterocycles. The minimum atomic E-state index is -0.381. The topological polar surface area (TPSA) is 80.4 Å². The van der Waals surface area contributed by atoms with Gasteiger partial charge in [0, 0.05) is 28.7 Å². The molecule has 3 rings (SSSR count). The molecule has 2 aromatic rings. The first-order chi connectivity index (χ1) is 13.1. The quantitative estimate of drug-likeness (QED) is 0.841. The molecule has 0 bridgehead atoms. The fraction of sp³-hybridized carbons (Fsp3) is 0.250. The van der Waals surface area contributed by atoms with Gasteiger partial charge in [-0.3, -0.25) is 14.8 Å². The summed E-state index contributed by atoms with van der Waals surface area (Å²) >= 11 is 6.07. The molecule has 7 heteroatoms. The predicted octanol–water partition coefficient (Wildman–Crippen LogP) is 3.64. The third-order valence-corrected chi connectivity index (χ3v) is 4.80. The van der Waals surface area contributed by atoms with E-state index in [4.69, 9.17) is 17.3 Å². The average Bonchev–Trinajstić information content (AvgIpc) is 2.68. The van der Waals surface area contributed by atoms with Crippen LogP contribution in [0.5, 0.6) is 0 Å². The van der Waals surface area contributed by atoms with Gasteiger partial charge in [-0.15, -0.1) is 0 Å². The number of rotatable bonds is 4. The lowest BCUT2D eigenvalue weighted by molar-refractivity contribution is 0.0936. The summed E-state index contributed by atoms with van der Waals surface area (Å²) in [6.07, 6.45) is 5.48. The molecule has 0 saturated heterocycles. The summed E-state index contributed by atoms with van der Waals surface area (Å²) in [6.45, 7) is 0.326. The molecular formula is C20H20ClFN4O. The molecule has 1 heterocycles. The fourth-order valence-corrected chi connectivity index (χ4v) is 3.29. The third-order valence-electron chi connectivity index (χ3n) is 4.45. The van der Waals surface area contributed by atoms with Crippen molar-refractivity contribution in [2.75, 3.05) is 0 Å². The largest absolute Gasteiger partial charge is 0.404 e. The second-order valence-corrected chi connectivity index (χ2v) is 6.66. The number of nitrogens with two attached hydrogens (primary N) is 1. The SMILES string of the molecule is N/C=C1\C(=NCc2ccc(F)cc2Cl)CCCC1NC(=O)c1ccccn1. The molecule has 0 spiro atoms. The lowest BCUT2D eigenvalue weighted by Gasteiger charge is -2.27. The first kappa shape index (κ1) is 19.0. The number of pyridine rings is 1. The highest BCUT2D eigenvalue weighted by molar-refractivity contribution is 6.31. The number of amides is 1. The molecule has 1 fully saturated rings. The van der Waals surface area contributed by atoms with Crippen LogP contribution in [0.4, 0.5) is 4.39 Å². The Balaban J connectivity index is 1.74. The highest BCUT2D eigenvalue weighted by Crippen LogP contribution is 2.24. The van der Waals surface area contributed by atoms with Gasteiger partial charge in [0.25, 0.3) is 5.91 Å². The van der Waals surface area contributed by atoms with E-state index in [0.717, 1.165) is 36.1 Å². The Labute approximate surface area is 162 Å². The van der Waals surface area contributed by atoms with E-state index in [1.807, 2.05) is 0 Å². The van der Waals surface area contributed by atoms with Gasteiger partial charge in [-0.1, -0.05) is 23.7 Å². The Morgan fingerprint density at radius 3 is 2.96 bits per heavy atom. The van der Waals surface area contributed by atoms with Crippen molar-refractivity contribution < 1.29 is 9.18 Å². The van der Waals surface area contributed by atoms with Crippen LogP contribution in [-0.2, 0) is 6.54 Å². The van der Waals surface area contributed by atoms with E-state index in [9.17, 15) is 9.18 Å². The molecule has 1 amide bonds. The lowest BCUT2D eigenvalue weighted by Crippen LogP contribution is -2.41. The van der Waals surface area contributed by atoms with Crippen molar-refractivity contribution in [1.29, 1.82) is 0 Å². The summed E-state index contributed by atoms with van der Waals surface area (Å²) in [5.41, 5.74) is 8.55. The van der Waals surface area contributed by atoms with Gasteiger partial charge in [0.2, 0.25) is 0 Å². The van der Waals surface area contributed by atoms with Crippen LogP contribution in [0.1, 0.15) is 35.3 Å². The van der Waals surface area contributed by atoms with Crippen molar-refractivity contribution in [1.82, 2.24) is 10.3 Å². The van der Waals surface area contributed by atoms with Crippen molar-refractivity contribution in [3.05, 3.63) is 76.5 Å². The molecule has 140 valence electrons. The normalized spacial score (nSPS) is 20.0. The molecule has 1 unspecified atom stereocenters. The second-order valence-electron chi connectivity index (χ2n) is 6.25. The number of hydrogen-bond donors (Lipinski definition) is 2. The Morgan fingerprint density at radius 2 is 2.26 bits per heavy atom. The minimum absolute atomic E-state index is 0.222. The van der Waals surface area contributed by atoms with Gasteiger partial charge in [0.15, 0.2) is 0 Å². The highest BCUT2D eigenvalue weighted by Gasteiger charge is 2.26. The van der Waals surface area contributed by atoms with Crippen LogP contribution < -0.4 is 11.1 Å². The molecule has 3 N–H and O–H groups in total. The standard InChI is InChI=1S/C20H20ClFN4O/c21-16-10-14(22)8-7-13(16)12-25-17-5-3-6-18(15(17)11-23)26-20(27)19-4-1-2-9-24-19/h1-2,4,7-11,18H,3,5-6,12,23H2,(H,26,27)/b15-11+,25-17?. The van der Waals surface area contributed by atoms with E-state index in [-0.39, 0.29) is 17.8 Å². The molecule has 0 radical (unpaired) electrons. The smallest absolute Gasteiger partial charge is 0.270 e. The third kappa shape index (κ3) is 4.71. The Morgan fingerprint density at radius 1 is 1.41 bits per heavy atom. The van der Waals surface area contributed by atoms with Gasteiger partial charge in [-0.25, -0.2) is 4.39 Å². The molecule has 27 heavy (non-hydrogen) atoms. The van der Waals surface area contributed by atoms with Crippen molar-refractivity contribution in [2.24, 2.45) is 10.7 Å². The molecule has 1 saturated carbocycles. The van der Waals surface area contributed by atoms with Crippen molar-refractivity contribution in [3.63, 3.8) is 0 Å². The summed E-state index contributed by atoms with van der Waals surface area (Å²) in [4.78, 5) is 21.1. The van der Waals surface area contributed by atoms with Gasteiger partial charge in [-0.2, -0.15) is 0 Å². The number of nitrogens with one attached hydrogen (secondary N) is 1. The fourth-order valence-electron chi connectivity index (χ4n) is 3.07. The van der Waals surface area contributed by atoms with Gasteiger partial charge in [0.1, 0.15) is 11.5 Å². The second kappa shape index (κ2) is 8.77. The lowest BCUT2D eigenvalue weighted by atomic mass is 9.88. The van der Waals surface area contributed by atoms with Crippen LogP contribution >= 0.6 is 11.6 Å². The maximum Gasteiger partial charge on any atom is 0.270 e. The van der Waals surface area contributed by atoms with Gasteiger partial charge in [0.05, 0.1) is 12.6 Å². The van der Waals surface area contributed by atoms with Gasteiger partial charge >= 0.3 is 0 Å². The first-order valence-corrected chi connectivity index (χ1v) is 9.07. The van der Waals surface area contributed by atoms with E-state index in [0.29, 0.717) is 17.3 Å². The summed E-state index contributed by atoms with van der Waals surface area (Å²) in [5, 5.41) is 3.32. The van der Waals surface area contributed by atoms with Gasteiger partial charge < -0.3 is 11.1 Å². The van der Waals surface area contributed by atoms with Crippen LogP contribution in [0.25, 0.3) is 0 Å². The van der Waals surface area contributed by atoms with E-state index in [1.165, 1.54) is 18.3 Å². The zero-order chi connectivity index (χ0) is 19.2. The number of carbonyl (C=O) groups is 1. The monoisotopic (exact) mass is 386 g/mol. The number of halogens is 2. The van der Waals surface area contributed by atoms with Gasteiger partial charge in [-0.05, 0) is 49.1 Å². The maximum absolute atomic E-state index is 13.2. The van der Waals surface area contributed by atoms with E-state index in [1.54, 1.807) is 30.5 Å². The van der Waals surface area contributed by atoms with Crippen LogP contribution in [0.3, 0.4) is 0 Å². The van der Waals surface area contributed by atoms with Crippen molar-refractivity contribution >= 4 is 23.2 Å². The summed E-state index contributed by atoms with van der Waals surface area (Å²) < 4.78 is 13.2. The van der Waals surface area contributed by atoms with Crippen molar-refractivity contribution in [2.45, 2.75) is 31.8 Å². The van der Waals surface area contributed by atoms with Crippen LogP contribution in [-0.4, -0.2) is 22.6 Å². The summed E-state index contributed by atoms with van der Waals surface area (Å²) in [5.74, 6) is -0.628. The zero-order valence-electron chi connectivity index (χ0n) is 14.7. The Kier molecular flexibility index (Phi) is 6.19. The molecular weight excluding hydrogens is 367 g/mol. The van der Waals surface area contributed by atoms with Crippen LogP contribution in [0.2, 0.25) is 5.02 Å². The Bertz CT molecular complexity index is 883. The Hall–Kier alpha value is -2.73. The number of aliphatic imine (C=N–C) groups is 1. The predicted molar refractivity (Wildman–Crippen MR) is 104 cm³/mol. The van der Waals surface area contributed by atoms with Crippen LogP contribution in [0.15, 0.2) is 59.4 Å². The highest BCUT2D eigenvalue weighted by atomic mass is 35.5. The first-order valence-electron chi connectivity index (χ1n) is 8.70. The average molecular weight is 387 g/mol. The summed E-state index contributed by atoms with van der Waals surface area (Å²) in [6, 6.07) is 9.22. The molecule has 1 aromatic heterocycles. The molecule has 1 atom stereocenters. The number of carbonyl (C=O) groups excluding carboxylic acids is 1. The number of benzene rings is 1. The molecule has 5 nitrogen and oxygen atoms in total. The summed E-state index contributed by atoms with van der Waals surface area (Å²) in [7, 11) is 0. The minimum Gasteiger partial charge on any atom is -0.404 e. The maximum atomic E-state index is 13.2. The number of aromatic nitrogens is 1. The van der Waals surface area contributed by atoms with E-state index in [2.05, 4.69) is 15.3 Å². The van der Waals surface area contributed by atoms with E-state index >= 15 is 0 Å². The number of hydrogen-bond acceptors (Lipinski definition) is 4. The van der Waals surface area contributed by atoms with Crippen LogP contribution in [0, 0.1) is 5.82 Å². The molecule has 1 aliphatic rings. The molecule has 1 aromatic carbocycles. The zero-order valence-corrected chi connectivity index (χ0v) is 15.4. The van der Waals surface area contributed by atoms with Crippen molar-refractivity contribution in [3.8, 4) is 0 Å². The molecule has 1 aliphatic carbocycles.